The van der Waals surface area contributed by atoms with Crippen LogP contribution in [0.2, 0.25) is 0 Å². The molecule has 0 saturated carbocycles. The Hall–Kier alpha value is -2.64. The lowest BCUT2D eigenvalue weighted by atomic mass is 10.2. The smallest absolute Gasteiger partial charge is 0.251 e. The van der Waals surface area contributed by atoms with Gasteiger partial charge in [0.05, 0.1) is 4.90 Å². The van der Waals surface area contributed by atoms with Crippen LogP contribution in [-0.2, 0) is 16.6 Å². The number of nitrogens with zero attached hydrogens (tertiary/aromatic N) is 2. The molecule has 6 nitrogen and oxygen atoms in total. The zero-order valence-electron chi connectivity index (χ0n) is 17.8. The number of benzene rings is 2. The van der Waals surface area contributed by atoms with Crippen molar-refractivity contribution in [1.82, 2.24) is 14.2 Å². The molecule has 160 valence electrons. The third-order valence-electron chi connectivity index (χ3n) is 5.32. The van der Waals surface area contributed by atoms with Gasteiger partial charge < -0.3 is 9.88 Å². The summed E-state index contributed by atoms with van der Waals surface area (Å²) in [6, 6.07) is 16.6. The van der Waals surface area contributed by atoms with Gasteiger partial charge in [-0.2, -0.15) is 4.31 Å². The van der Waals surface area contributed by atoms with Crippen molar-refractivity contribution in [2.75, 3.05) is 19.6 Å². The van der Waals surface area contributed by atoms with Crippen LogP contribution in [0.4, 0.5) is 0 Å². The molecule has 0 spiro atoms. The molecular weight excluding hydrogens is 398 g/mol. The lowest BCUT2D eigenvalue weighted by Gasteiger charge is -2.18. The van der Waals surface area contributed by atoms with Gasteiger partial charge in [-0.05, 0) is 55.1 Å². The molecule has 2 aromatic carbocycles. The molecule has 1 amide bonds. The SMILES string of the molecule is CCN(CC)S(=O)(=O)c1ccc(C(=O)NCCCn2c(C)cc3ccccc32)cc1. The van der Waals surface area contributed by atoms with Gasteiger partial charge in [-0.25, -0.2) is 8.42 Å². The fourth-order valence-corrected chi connectivity index (χ4v) is 5.14. The molecule has 0 aliphatic carbocycles. The van der Waals surface area contributed by atoms with Crippen LogP contribution >= 0.6 is 0 Å². The highest BCUT2D eigenvalue weighted by atomic mass is 32.2. The standard InChI is InChI=1S/C23H29N3O3S/c1-4-25(5-2)30(28,29)21-13-11-19(12-14-21)23(27)24-15-8-16-26-18(3)17-20-9-6-7-10-22(20)26/h6-7,9-14,17H,4-5,8,15-16H2,1-3H3,(H,24,27). The summed E-state index contributed by atoms with van der Waals surface area (Å²) < 4.78 is 28.7. The summed E-state index contributed by atoms with van der Waals surface area (Å²) in [6.07, 6.45) is 0.805. The molecule has 1 N–H and O–H groups in total. The van der Waals surface area contributed by atoms with Gasteiger partial charge in [-0.1, -0.05) is 32.0 Å². The minimum Gasteiger partial charge on any atom is -0.352 e. The van der Waals surface area contributed by atoms with Crippen LogP contribution in [0, 0.1) is 6.92 Å². The molecule has 0 radical (unpaired) electrons. The highest BCUT2D eigenvalue weighted by molar-refractivity contribution is 7.89. The number of fused-ring (bicyclic) bond motifs is 1. The van der Waals surface area contributed by atoms with Gasteiger partial charge in [-0.3, -0.25) is 4.79 Å². The van der Waals surface area contributed by atoms with Crippen LogP contribution in [0.25, 0.3) is 10.9 Å². The highest BCUT2D eigenvalue weighted by Gasteiger charge is 2.21. The Morgan fingerprint density at radius 3 is 2.37 bits per heavy atom. The first-order valence-electron chi connectivity index (χ1n) is 10.3. The van der Waals surface area contributed by atoms with Gasteiger partial charge in [0.1, 0.15) is 0 Å². The Labute approximate surface area is 178 Å². The van der Waals surface area contributed by atoms with Gasteiger partial charge in [-0.15, -0.1) is 0 Å². The van der Waals surface area contributed by atoms with E-state index >= 15 is 0 Å². The van der Waals surface area contributed by atoms with E-state index in [0.29, 0.717) is 25.2 Å². The first-order chi connectivity index (χ1) is 14.4. The van der Waals surface area contributed by atoms with E-state index in [1.165, 1.54) is 33.0 Å². The minimum absolute atomic E-state index is 0.198. The van der Waals surface area contributed by atoms with Crippen molar-refractivity contribution in [3.63, 3.8) is 0 Å². The second-order valence-corrected chi connectivity index (χ2v) is 9.16. The lowest BCUT2D eigenvalue weighted by molar-refractivity contribution is 0.0952. The number of aryl methyl sites for hydroxylation is 2. The lowest BCUT2D eigenvalue weighted by Crippen LogP contribution is -2.30. The maximum absolute atomic E-state index is 12.5. The second kappa shape index (κ2) is 9.45. The van der Waals surface area contributed by atoms with E-state index < -0.39 is 10.0 Å². The normalized spacial score (nSPS) is 11.9. The van der Waals surface area contributed by atoms with Crippen LogP contribution < -0.4 is 5.32 Å². The monoisotopic (exact) mass is 427 g/mol. The Morgan fingerprint density at radius 2 is 1.70 bits per heavy atom. The molecular formula is C23H29N3O3S. The van der Waals surface area contributed by atoms with Crippen LogP contribution in [0.1, 0.15) is 36.3 Å². The Morgan fingerprint density at radius 1 is 1.03 bits per heavy atom. The predicted molar refractivity (Wildman–Crippen MR) is 120 cm³/mol. The van der Waals surface area contributed by atoms with Crippen molar-refractivity contribution in [3.8, 4) is 0 Å². The number of hydrogen-bond acceptors (Lipinski definition) is 3. The molecule has 3 aromatic rings. The fourth-order valence-electron chi connectivity index (χ4n) is 3.68. The largest absolute Gasteiger partial charge is 0.352 e. The van der Waals surface area contributed by atoms with E-state index in [4.69, 9.17) is 0 Å². The van der Waals surface area contributed by atoms with E-state index in [9.17, 15) is 13.2 Å². The first kappa shape index (κ1) is 22.1. The molecule has 0 fully saturated rings. The number of carbonyl (C=O) groups is 1. The molecule has 0 bridgehead atoms. The van der Waals surface area contributed by atoms with Crippen molar-refractivity contribution in [2.24, 2.45) is 0 Å². The third-order valence-corrected chi connectivity index (χ3v) is 7.39. The van der Waals surface area contributed by atoms with Crippen molar-refractivity contribution in [2.45, 2.75) is 38.6 Å². The van der Waals surface area contributed by atoms with Crippen LogP contribution in [0.3, 0.4) is 0 Å². The molecule has 0 unspecified atom stereocenters. The predicted octanol–water partition coefficient (Wildman–Crippen LogP) is 3.80. The van der Waals surface area contributed by atoms with Crippen molar-refractivity contribution in [3.05, 3.63) is 65.9 Å². The van der Waals surface area contributed by atoms with E-state index in [-0.39, 0.29) is 10.8 Å². The van der Waals surface area contributed by atoms with E-state index in [0.717, 1.165) is 13.0 Å². The second-order valence-electron chi connectivity index (χ2n) is 7.22. The summed E-state index contributed by atoms with van der Waals surface area (Å²) >= 11 is 0. The molecule has 1 heterocycles. The summed E-state index contributed by atoms with van der Waals surface area (Å²) in [5.74, 6) is -0.198. The van der Waals surface area contributed by atoms with Gasteiger partial charge >= 0.3 is 0 Å². The molecule has 3 rings (SSSR count). The first-order valence-corrected chi connectivity index (χ1v) is 11.8. The molecule has 0 saturated heterocycles. The Balaban J connectivity index is 1.57. The summed E-state index contributed by atoms with van der Waals surface area (Å²) in [5.41, 5.74) is 2.86. The van der Waals surface area contributed by atoms with Crippen LogP contribution in [0.5, 0.6) is 0 Å². The number of nitrogens with one attached hydrogen (secondary N) is 1. The van der Waals surface area contributed by atoms with Crippen LogP contribution in [-0.4, -0.2) is 42.8 Å². The minimum atomic E-state index is -3.51. The molecule has 0 aliphatic heterocycles. The zero-order chi connectivity index (χ0) is 21.7. The number of hydrogen-bond donors (Lipinski definition) is 1. The molecule has 1 aromatic heterocycles. The summed E-state index contributed by atoms with van der Waals surface area (Å²) in [7, 11) is -3.51. The van der Waals surface area contributed by atoms with Gasteiger partial charge in [0, 0.05) is 43.0 Å². The van der Waals surface area contributed by atoms with Crippen LogP contribution in [0.15, 0.2) is 59.5 Å². The third kappa shape index (κ3) is 4.57. The van der Waals surface area contributed by atoms with Gasteiger partial charge in [0.2, 0.25) is 10.0 Å². The average Bonchev–Trinajstić information content (AvgIpc) is 3.07. The summed E-state index contributed by atoms with van der Waals surface area (Å²) in [5, 5.41) is 4.14. The van der Waals surface area contributed by atoms with Crippen molar-refractivity contribution < 1.29 is 13.2 Å². The Kier molecular flexibility index (Phi) is 6.95. The maximum atomic E-state index is 12.5. The number of amides is 1. The van der Waals surface area contributed by atoms with E-state index in [1.54, 1.807) is 26.0 Å². The number of para-hydroxylation sites is 1. The fraction of sp³-hybridized carbons (Fsp3) is 0.348. The molecule has 0 atom stereocenters. The summed E-state index contributed by atoms with van der Waals surface area (Å²) in [4.78, 5) is 12.6. The highest BCUT2D eigenvalue weighted by Crippen LogP contribution is 2.19. The molecule has 7 heteroatoms. The van der Waals surface area contributed by atoms with Gasteiger partial charge in [0.15, 0.2) is 0 Å². The van der Waals surface area contributed by atoms with Crippen molar-refractivity contribution >= 4 is 26.8 Å². The maximum Gasteiger partial charge on any atom is 0.251 e. The van der Waals surface area contributed by atoms with E-state index in [2.05, 4.69) is 35.0 Å². The quantitative estimate of drug-likeness (QED) is 0.528. The van der Waals surface area contributed by atoms with E-state index in [1.807, 2.05) is 12.1 Å². The topological polar surface area (TPSA) is 71.4 Å². The van der Waals surface area contributed by atoms with Crippen molar-refractivity contribution in [1.29, 1.82) is 0 Å². The Bertz CT molecular complexity index is 1110. The summed E-state index contributed by atoms with van der Waals surface area (Å²) in [6.45, 7) is 7.90. The molecule has 30 heavy (non-hydrogen) atoms. The molecule has 0 aliphatic rings. The average molecular weight is 428 g/mol. The number of carbonyl (C=O) groups excluding carboxylic acids is 1. The zero-order valence-corrected chi connectivity index (χ0v) is 18.6. The number of aromatic nitrogens is 1. The van der Waals surface area contributed by atoms with Gasteiger partial charge in [0.25, 0.3) is 5.91 Å². The number of rotatable bonds is 9. The number of sulfonamides is 1.